The van der Waals surface area contributed by atoms with Crippen molar-refractivity contribution >= 4 is 27.7 Å². The van der Waals surface area contributed by atoms with Gasteiger partial charge in [-0.25, -0.2) is 0 Å². The normalized spacial score (nSPS) is 12.2. The minimum absolute atomic E-state index is 0.172. The maximum Gasteiger partial charge on any atom is 0.120 e. The van der Waals surface area contributed by atoms with Crippen molar-refractivity contribution < 1.29 is 4.74 Å². The fourth-order valence-corrected chi connectivity index (χ4v) is 3.27. The largest absolute Gasteiger partial charge is 0.497 e. The summed E-state index contributed by atoms with van der Waals surface area (Å²) in [6, 6.07) is 15.0. The third-order valence-electron chi connectivity index (χ3n) is 3.38. The molecule has 0 aliphatic carbocycles. The van der Waals surface area contributed by atoms with Crippen molar-refractivity contribution in [3.05, 3.63) is 58.1 Å². The van der Waals surface area contributed by atoms with Crippen molar-refractivity contribution in [1.29, 1.82) is 0 Å². The number of hydrogen-bond acceptors (Lipinski definition) is 3. The Kier molecular flexibility index (Phi) is 6.15. The predicted octanol–water partition coefficient (Wildman–Crippen LogP) is 4.88. The van der Waals surface area contributed by atoms with E-state index in [1.165, 1.54) is 16.0 Å². The van der Waals surface area contributed by atoms with Gasteiger partial charge in [0.15, 0.2) is 0 Å². The van der Waals surface area contributed by atoms with E-state index in [1.54, 1.807) is 18.9 Å². The van der Waals surface area contributed by atoms with E-state index in [0.717, 1.165) is 16.8 Å². The zero-order valence-corrected chi connectivity index (χ0v) is 14.9. The highest BCUT2D eigenvalue weighted by Crippen LogP contribution is 2.32. The highest BCUT2D eigenvalue weighted by molar-refractivity contribution is 9.10. The molecule has 0 fully saturated rings. The van der Waals surface area contributed by atoms with Crippen molar-refractivity contribution in [3.8, 4) is 5.75 Å². The van der Waals surface area contributed by atoms with Crippen LogP contribution in [0.1, 0.15) is 24.1 Å². The summed E-state index contributed by atoms with van der Waals surface area (Å²) in [5.41, 5.74) is 2.48. The van der Waals surface area contributed by atoms with Crippen LogP contribution in [0.5, 0.6) is 5.75 Å². The van der Waals surface area contributed by atoms with Gasteiger partial charge in [0.25, 0.3) is 0 Å². The van der Waals surface area contributed by atoms with Crippen LogP contribution in [-0.4, -0.2) is 19.9 Å². The van der Waals surface area contributed by atoms with Gasteiger partial charge >= 0.3 is 0 Å². The summed E-state index contributed by atoms with van der Waals surface area (Å²) >= 11 is 5.42. The van der Waals surface area contributed by atoms with Gasteiger partial charge in [-0.05, 0) is 48.2 Å². The topological polar surface area (TPSA) is 21.3 Å². The molecule has 0 amide bonds. The standard InChI is InChI=1S/C17H20BrNOS/c1-4-19-17(12-5-8-14(21-3)9-6-12)15-10-7-13(20-2)11-16(15)18/h5-11,17,19H,4H2,1-3H3. The molecule has 0 aromatic heterocycles. The molecular weight excluding hydrogens is 346 g/mol. The van der Waals surface area contributed by atoms with Crippen molar-refractivity contribution in [2.45, 2.75) is 17.9 Å². The number of rotatable bonds is 6. The molecule has 0 radical (unpaired) electrons. The first kappa shape index (κ1) is 16.4. The first-order chi connectivity index (χ1) is 10.2. The first-order valence-electron chi connectivity index (χ1n) is 6.90. The molecule has 0 aliphatic heterocycles. The van der Waals surface area contributed by atoms with E-state index in [9.17, 15) is 0 Å². The molecule has 2 aromatic carbocycles. The van der Waals surface area contributed by atoms with Crippen molar-refractivity contribution in [2.75, 3.05) is 19.9 Å². The van der Waals surface area contributed by atoms with Crippen LogP contribution in [0, 0.1) is 0 Å². The lowest BCUT2D eigenvalue weighted by Gasteiger charge is -2.21. The van der Waals surface area contributed by atoms with Crippen LogP contribution in [0.2, 0.25) is 0 Å². The van der Waals surface area contributed by atoms with E-state index in [1.807, 2.05) is 12.1 Å². The number of halogens is 1. The van der Waals surface area contributed by atoms with Gasteiger partial charge in [0.2, 0.25) is 0 Å². The Morgan fingerprint density at radius 3 is 2.43 bits per heavy atom. The molecule has 2 nitrogen and oxygen atoms in total. The third-order valence-corrected chi connectivity index (χ3v) is 4.81. The lowest BCUT2D eigenvalue weighted by molar-refractivity contribution is 0.414. The van der Waals surface area contributed by atoms with Gasteiger partial charge in [-0.3, -0.25) is 0 Å². The Labute approximate surface area is 139 Å². The van der Waals surface area contributed by atoms with Gasteiger partial charge in [-0.2, -0.15) is 0 Å². The zero-order chi connectivity index (χ0) is 15.2. The van der Waals surface area contributed by atoms with Gasteiger partial charge in [0.05, 0.1) is 13.2 Å². The number of benzene rings is 2. The third kappa shape index (κ3) is 4.02. The Morgan fingerprint density at radius 2 is 1.90 bits per heavy atom. The Bertz CT molecular complexity index is 586. The van der Waals surface area contributed by atoms with Gasteiger partial charge in [-0.15, -0.1) is 11.8 Å². The van der Waals surface area contributed by atoms with Crippen LogP contribution in [0.4, 0.5) is 0 Å². The molecule has 1 N–H and O–H groups in total. The molecule has 112 valence electrons. The van der Waals surface area contributed by atoms with Crippen molar-refractivity contribution in [2.24, 2.45) is 0 Å². The minimum Gasteiger partial charge on any atom is -0.497 e. The molecule has 0 saturated carbocycles. The minimum atomic E-state index is 0.172. The van der Waals surface area contributed by atoms with Crippen molar-refractivity contribution in [3.63, 3.8) is 0 Å². The average molecular weight is 366 g/mol. The van der Waals surface area contributed by atoms with Crippen LogP contribution < -0.4 is 10.1 Å². The van der Waals surface area contributed by atoms with E-state index in [-0.39, 0.29) is 6.04 Å². The van der Waals surface area contributed by atoms with Crippen LogP contribution in [0.25, 0.3) is 0 Å². The quantitative estimate of drug-likeness (QED) is 0.737. The van der Waals surface area contributed by atoms with Crippen molar-refractivity contribution in [1.82, 2.24) is 5.32 Å². The number of thioether (sulfide) groups is 1. The molecular formula is C17H20BrNOS. The molecule has 1 unspecified atom stereocenters. The molecule has 2 rings (SSSR count). The van der Waals surface area contributed by atoms with Gasteiger partial charge in [0, 0.05) is 9.37 Å². The smallest absolute Gasteiger partial charge is 0.120 e. The summed E-state index contributed by atoms with van der Waals surface area (Å²) < 4.78 is 6.33. The lowest BCUT2D eigenvalue weighted by atomic mass is 9.98. The Balaban J connectivity index is 2.37. The molecule has 0 saturated heterocycles. The zero-order valence-electron chi connectivity index (χ0n) is 12.5. The van der Waals surface area contributed by atoms with Gasteiger partial charge in [0.1, 0.15) is 5.75 Å². The molecule has 4 heteroatoms. The summed E-state index contributed by atoms with van der Waals surface area (Å²) in [6.07, 6.45) is 2.09. The summed E-state index contributed by atoms with van der Waals surface area (Å²) in [5, 5.41) is 3.55. The fourth-order valence-electron chi connectivity index (χ4n) is 2.28. The fraction of sp³-hybridized carbons (Fsp3) is 0.294. The average Bonchev–Trinajstić information content (AvgIpc) is 2.53. The highest BCUT2D eigenvalue weighted by Gasteiger charge is 2.16. The maximum atomic E-state index is 5.27. The second-order valence-electron chi connectivity index (χ2n) is 4.65. The van der Waals surface area contributed by atoms with E-state index in [0.29, 0.717) is 0 Å². The lowest BCUT2D eigenvalue weighted by Crippen LogP contribution is -2.22. The second-order valence-corrected chi connectivity index (χ2v) is 6.39. The summed E-state index contributed by atoms with van der Waals surface area (Å²) in [7, 11) is 1.68. The summed E-state index contributed by atoms with van der Waals surface area (Å²) in [4.78, 5) is 1.28. The molecule has 0 aliphatic rings. The number of nitrogens with one attached hydrogen (secondary N) is 1. The van der Waals surface area contributed by atoms with Crippen LogP contribution in [-0.2, 0) is 0 Å². The highest BCUT2D eigenvalue weighted by atomic mass is 79.9. The second kappa shape index (κ2) is 7.87. The van der Waals surface area contributed by atoms with Gasteiger partial charge in [-0.1, -0.05) is 41.1 Å². The summed E-state index contributed by atoms with van der Waals surface area (Å²) in [6.45, 7) is 3.04. The molecule has 21 heavy (non-hydrogen) atoms. The monoisotopic (exact) mass is 365 g/mol. The maximum absolute atomic E-state index is 5.27. The van der Waals surface area contributed by atoms with E-state index in [4.69, 9.17) is 4.74 Å². The molecule has 0 heterocycles. The Morgan fingerprint density at radius 1 is 1.19 bits per heavy atom. The van der Waals surface area contributed by atoms with E-state index < -0.39 is 0 Å². The number of ether oxygens (including phenoxy) is 1. The summed E-state index contributed by atoms with van der Waals surface area (Å²) in [5.74, 6) is 0.860. The predicted molar refractivity (Wildman–Crippen MR) is 94.4 cm³/mol. The number of methoxy groups -OCH3 is 1. The van der Waals surface area contributed by atoms with E-state index >= 15 is 0 Å². The van der Waals surface area contributed by atoms with Crippen LogP contribution >= 0.6 is 27.7 Å². The molecule has 0 bridgehead atoms. The number of hydrogen-bond donors (Lipinski definition) is 1. The Hall–Kier alpha value is -0.970. The molecule has 0 spiro atoms. The van der Waals surface area contributed by atoms with E-state index in [2.05, 4.69) is 64.8 Å². The van der Waals surface area contributed by atoms with Crippen LogP contribution in [0.3, 0.4) is 0 Å². The first-order valence-corrected chi connectivity index (χ1v) is 8.92. The molecule has 1 atom stereocenters. The van der Waals surface area contributed by atoms with Crippen LogP contribution in [0.15, 0.2) is 51.8 Å². The van der Waals surface area contributed by atoms with Gasteiger partial charge < -0.3 is 10.1 Å². The molecule has 2 aromatic rings. The SMILES string of the molecule is CCNC(c1ccc(SC)cc1)c1ccc(OC)cc1Br.